The molecule has 0 unspecified atom stereocenters. The fourth-order valence-corrected chi connectivity index (χ4v) is 2.01. The van der Waals surface area contributed by atoms with Gasteiger partial charge in [0.25, 0.3) is 0 Å². The lowest BCUT2D eigenvalue weighted by Gasteiger charge is -2.12. The van der Waals surface area contributed by atoms with E-state index in [2.05, 4.69) is 0 Å². The van der Waals surface area contributed by atoms with Gasteiger partial charge in [-0.1, -0.05) is 29.8 Å². The minimum Gasteiger partial charge on any atom is -0.489 e. The number of nitrogens with two attached hydrogens (primary N) is 1. The molecule has 0 saturated heterocycles. The molecule has 0 bridgehead atoms. The van der Waals surface area contributed by atoms with Crippen molar-refractivity contribution in [3.63, 3.8) is 0 Å². The van der Waals surface area contributed by atoms with Crippen LogP contribution < -0.4 is 10.5 Å². The molecule has 2 nitrogen and oxygen atoms in total. The molecule has 2 rings (SSSR count). The minimum absolute atomic E-state index is 0.0694. The quantitative estimate of drug-likeness (QED) is 0.923. The second-order valence-corrected chi connectivity index (χ2v) is 4.80. The summed E-state index contributed by atoms with van der Waals surface area (Å²) in [5, 5.41) is 0. The summed E-state index contributed by atoms with van der Waals surface area (Å²) in [4.78, 5) is 0. The van der Waals surface area contributed by atoms with Crippen LogP contribution in [0.25, 0.3) is 0 Å². The van der Waals surface area contributed by atoms with Gasteiger partial charge in [-0.05, 0) is 30.7 Å². The highest BCUT2D eigenvalue weighted by Gasteiger charge is 2.30. The van der Waals surface area contributed by atoms with Gasteiger partial charge in [-0.3, -0.25) is 0 Å². The fourth-order valence-electron chi connectivity index (χ4n) is 2.01. The van der Waals surface area contributed by atoms with Crippen LogP contribution in [0.1, 0.15) is 22.3 Å². The topological polar surface area (TPSA) is 35.2 Å². The van der Waals surface area contributed by atoms with Crippen LogP contribution in [0.5, 0.6) is 5.75 Å². The van der Waals surface area contributed by atoms with Crippen molar-refractivity contribution in [2.75, 3.05) is 0 Å². The maximum Gasteiger partial charge on any atom is 0.416 e. The SMILES string of the molecule is Cc1ccc(OCc2cccc(C(F)(F)F)c2)c(CN)c1. The molecule has 0 saturated carbocycles. The van der Waals surface area contributed by atoms with Crippen molar-refractivity contribution in [3.05, 3.63) is 64.7 Å². The summed E-state index contributed by atoms with van der Waals surface area (Å²) in [6.07, 6.45) is -4.34. The number of rotatable bonds is 4. The third kappa shape index (κ3) is 3.98. The van der Waals surface area contributed by atoms with Gasteiger partial charge in [0.05, 0.1) is 5.56 Å². The van der Waals surface area contributed by atoms with E-state index in [9.17, 15) is 13.2 Å². The van der Waals surface area contributed by atoms with Gasteiger partial charge in [0.1, 0.15) is 12.4 Å². The Hall–Kier alpha value is -2.01. The highest BCUT2D eigenvalue weighted by atomic mass is 19.4. The molecule has 0 heterocycles. The first-order valence-corrected chi connectivity index (χ1v) is 6.48. The van der Waals surface area contributed by atoms with E-state index in [1.165, 1.54) is 6.07 Å². The molecule has 2 aromatic rings. The zero-order valence-corrected chi connectivity index (χ0v) is 11.6. The third-order valence-corrected chi connectivity index (χ3v) is 3.08. The van der Waals surface area contributed by atoms with Crippen molar-refractivity contribution in [3.8, 4) is 5.75 Å². The maximum atomic E-state index is 12.6. The van der Waals surface area contributed by atoms with Crippen molar-refractivity contribution in [2.45, 2.75) is 26.3 Å². The van der Waals surface area contributed by atoms with Gasteiger partial charge in [0.15, 0.2) is 0 Å². The van der Waals surface area contributed by atoms with Gasteiger partial charge in [0, 0.05) is 12.1 Å². The normalized spacial score (nSPS) is 11.5. The predicted octanol–water partition coefficient (Wildman–Crippen LogP) is 4.05. The highest BCUT2D eigenvalue weighted by molar-refractivity contribution is 5.37. The van der Waals surface area contributed by atoms with Gasteiger partial charge in [-0.2, -0.15) is 13.2 Å². The summed E-state index contributed by atoms with van der Waals surface area (Å²) in [5.74, 6) is 0.598. The second kappa shape index (κ2) is 6.18. The molecule has 0 aromatic heterocycles. The van der Waals surface area contributed by atoms with E-state index < -0.39 is 11.7 Å². The molecular formula is C16H16F3NO. The number of ether oxygens (including phenoxy) is 1. The summed E-state index contributed by atoms with van der Waals surface area (Å²) in [7, 11) is 0. The van der Waals surface area contributed by atoms with Crippen LogP contribution in [0.15, 0.2) is 42.5 Å². The minimum atomic E-state index is -4.34. The van der Waals surface area contributed by atoms with Crippen molar-refractivity contribution >= 4 is 0 Å². The van der Waals surface area contributed by atoms with Crippen LogP contribution in [0.3, 0.4) is 0 Å². The lowest BCUT2D eigenvalue weighted by atomic mass is 10.1. The monoisotopic (exact) mass is 295 g/mol. The van der Waals surface area contributed by atoms with Gasteiger partial charge in [-0.25, -0.2) is 0 Å². The van der Waals surface area contributed by atoms with Crippen molar-refractivity contribution in [1.82, 2.24) is 0 Å². The molecule has 0 amide bonds. The molecule has 2 N–H and O–H groups in total. The van der Waals surface area contributed by atoms with Gasteiger partial charge in [-0.15, -0.1) is 0 Å². The maximum absolute atomic E-state index is 12.6. The summed E-state index contributed by atoms with van der Waals surface area (Å²) < 4.78 is 43.5. The molecule has 21 heavy (non-hydrogen) atoms. The van der Waals surface area contributed by atoms with Gasteiger partial charge in [0.2, 0.25) is 0 Å². The number of benzene rings is 2. The Morgan fingerprint density at radius 2 is 1.86 bits per heavy atom. The fraction of sp³-hybridized carbons (Fsp3) is 0.250. The van der Waals surface area contributed by atoms with Crippen LogP contribution in [-0.2, 0) is 19.3 Å². The molecule has 112 valence electrons. The third-order valence-electron chi connectivity index (χ3n) is 3.08. The standard InChI is InChI=1S/C16H16F3NO/c1-11-5-6-15(13(7-11)9-20)21-10-12-3-2-4-14(8-12)16(17,18)19/h2-8H,9-10,20H2,1H3. The zero-order chi connectivity index (χ0) is 15.5. The van der Waals surface area contributed by atoms with Crippen LogP contribution >= 0.6 is 0 Å². The summed E-state index contributed by atoms with van der Waals surface area (Å²) in [6.45, 7) is 2.33. The highest BCUT2D eigenvalue weighted by Crippen LogP contribution is 2.30. The molecule has 0 fully saturated rings. The Morgan fingerprint density at radius 3 is 2.52 bits per heavy atom. The number of alkyl halides is 3. The first-order chi connectivity index (χ1) is 9.90. The van der Waals surface area contributed by atoms with Crippen molar-refractivity contribution < 1.29 is 17.9 Å². The molecule has 0 aliphatic heterocycles. The average Bonchev–Trinajstić information content (AvgIpc) is 2.45. The number of aryl methyl sites for hydroxylation is 1. The van der Waals surface area contributed by atoms with Crippen molar-refractivity contribution in [2.24, 2.45) is 5.73 Å². The Balaban J connectivity index is 2.13. The molecule has 5 heteroatoms. The molecule has 0 atom stereocenters. The van der Waals surface area contributed by atoms with Gasteiger partial charge >= 0.3 is 6.18 Å². The molecule has 2 aromatic carbocycles. The Kier molecular flexibility index (Phi) is 4.53. The molecule has 0 radical (unpaired) electrons. The number of hydrogen-bond donors (Lipinski definition) is 1. The van der Waals surface area contributed by atoms with Crippen LogP contribution in [0.2, 0.25) is 0 Å². The molecule has 0 aliphatic carbocycles. The molecule has 0 aliphatic rings. The lowest BCUT2D eigenvalue weighted by molar-refractivity contribution is -0.137. The summed E-state index contributed by atoms with van der Waals surface area (Å²) >= 11 is 0. The van der Waals surface area contributed by atoms with E-state index in [0.717, 1.165) is 23.3 Å². The number of halogens is 3. The number of hydrogen-bond acceptors (Lipinski definition) is 2. The first kappa shape index (κ1) is 15.4. The van der Waals surface area contributed by atoms with E-state index in [0.29, 0.717) is 17.9 Å². The van der Waals surface area contributed by atoms with E-state index in [1.54, 1.807) is 12.1 Å². The summed E-state index contributed by atoms with van der Waals surface area (Å²) in [5.41, 5.74) is 7.32. The first-order valence-electron chi connectivity index (χ1n) is 6.48. The van der Waals surface area contributed by atoms with Crippen LogP contribution in [0, 0.1) is 6.92 Å². The predicted molar refractivity (Wildman–Crippen MR) is 74.8 cm³/mol. The van der Waals surface area contributed by atoms with Crippen LogP contribution in [-0.4, -0.2) is 0 Å². The smallest absolute Gasteiger partial charge is 0.416 e. The second-order valence-electron chi connectivity index (χ2n) is 4.80. The Labute approximate surface area is 121 Å². The zero-order valence-electron chi connectivity index (χ0n) is 11.6. The summed E-state index contributed by atoms with van der Waals surface area (Å²) in [6, 6.07) is 10.7. The Bertz CT molecular complexity index is 623. The average molecular weight is 295 g/mol. The molecular weight excluding hydrogens is 279 g/mol. The van der Waals surface area contributed by atoms with E-state index >= 15 is 0 Å². The van der Waals surface area contributed by atoms with Gasteiger partial charge < -0.3 is 10.5 Å². The largest absolute Gasteiger partial charge is 0.489 e. The van der Waals surface area contributed by atoms with E-state index in [-0.39, 0.29) is 6.61 Å². The Morgan fingerprint density at radius 1 is 1.10 bits per heavy atom. The molecule has 0 spiro atoms. The van der Waals surface area contributed by atoms with Crippen LogP contribution in [0.4, 0.5) is 13.2 Å². The lowest BCUT2D eigenvalue weighted by Crippen LogP contribution is -2.07. The van der Waals surface area contributed by atoms with Crippen molar-refractivity contribution in [1.29, 1.82) is 0 Å². The van der Waals surface area contributed by atoms with E-state index in [4.69, 9.17) is 10.5 Å². The van der Waals surface area contributed by atoms with E-state index in [1.807, 2.05) is 19.1 Å².